The molecule has 0 spiro atoms. The molecule has 1 rings (SSSR count). The number of carbonyl (C=O) groups is 1. The van der Waals surface area contributed by atoms with E-state index >= 15 is 0 Å². The largest absolute Gasteiger partial charge is 0.390 e. The molecule has 1 heterocycles. The zero-order chi connectivity index (χ0) is 13.8. The molecule has 0 aromatic rings. The third kappa shape index (κ3) is 4.24. The number of nitrogens with zero attached hydrogens (tertiary/aromatic N) is 1. The second-order valence-electron chi connectivity index (χ2n) is 5.05. The van der Waals surface area contributed by atoms with E-state index in [4.69, 9.17) is 0 Å². The van der Waals surface area contributed by atoms with Crippen molar-refractivity contribution in [3.63, 3.8) is 0 Å². The number of hydrogen-bond donors (Lipinski definition) is 1. The molecule has 0 unspecified atom stereocenters. The monoisotopic (exact) mass is 277 g/mol. The van der Waals surface area contributed by atoms with E-state index in [1.54, 1.807) is 11.8 Å². The van der Waals surface area contributed by atoms with Crippen LogP contribution in [-0.4, -0.2) is 54.5 Å². The minimum absolute atomic E-state index is 0.0610. The minimum atomic E-state index is -3.27. The number of likely N-dealkylation sites (tertiary alicyclic amines) is 1. The Hall–Kier alpha value is -0.620. The summed E-state index contributed by atoms with van der Waals surface area (Å²) in [6, 6.07) is 0. The summed E-state index contributed by atoms with van der Waals surface area (Å²) in [6.45, 7) is 4.60. The van der Waals surface area contributed by atoms with Crippen LogP contribution in [0.5, 0.6) is 0 Å². The molecule has 106 valence electrons. The van der Waals surface area contributed by atoms with Crippen molar-refractivity contribution in [1.82, 2.24) is 4.90 Å². The quantitative estimate of drug-likeness (QED) is 0.797. The van der Waals surface area contributed by atoms with Crippen molar-refractivity contribution in [1.29, 1.82) is 0 Å². The molecule has 0 aromatic carbocycles. The average molecular weight is 277 g/mol. The van der Waals surface area contributed by atoms with Gasteiger partial charge in [0.25, 0.3) is 0 Å². The van der Waals surface area contributed by atoms with E-state index in [0.717, 1.165) is 0 Å². The molecule has 1 aliphatic rings. The van der Waals surface area contributed by atoms with Gasteiger partial charge in [0.1, 0.15) is 5.75 Å². The molecule has 0 atom stereocenters. The van der Waals surface area contributed by atoms with Crippen LogP contribution in [0.2, 0.25) is 0 Å². The molecular weight excluding hydrogens is 254 g/mol. The highest BCUT2D eigenvalue weighted by Crippen LogP contribution is 2.25. The van der Waals surface area contributed by atoms with Crippen LogP contribution in [-0.2, 0) is 14.6 Å². The van der Waals surface area contributed by atoms with Crippen LogP contribution in [0, 0.1) is 0 Å². The van der Waals surface area contributed by atoms with Gasteiger partial charge in [0.05, 0.1) is 11.4 Å². The van der Waals surface area contributed by atoms with Crippen molar-refractivity contribution >= 4 is 15.7 Å². The highest BCUT2D eigenvalue weighted by atomic mass is 32.2. The molecule has 0 aliphatic carbocycles. The summed E-state index contributed by atoms with van der Waals surface area (Å²) < 4.78 is 23.1. The summed E-state index contributed by atoms with van der Waals surface area (Å²) in [5.41, 5.74) is -0.681. The topological polar surface area (TPSA) is 74.7 Å². The zero-order valence-electron chi connectivity index (χ0n) is 11.2. The SMILES string of the molecule is CCCS(=O)(=O)CC(=O)N1CCC(O)(CC)CC1. The third-order valence-electron chi connectivity index (χ3n) is 3.56. The Kier molecular flexibility index (Phi) is 5.16. The number of aliphatic hydroxyl groups is 1. The molecule has 0 saturated carbocycles. The highest BCUT2D eigenvalue weighted by Gasteiger charge is 2.33. The van der Waals surface area contributed by atoms with E-state index in [1.807, 2.05) is 6.92 Å². The van der Waals surface area contributed by atoms with Gasteiger partial charge in [0, 0.05) is 13.1 Å². The molecule has 1 saturated heterocycles. The van der Waals surface area contributed by atoms with Gasteiger partial charge in [0.2, 0.25) is 5.91 Å². The molecule has 0 radical (unpaired) electrons. The fourth-order valence-electron chi connectivity index (χ4n) is 2.19. The summed E-state index contributed by atoms with van der Waals surface area (Å²) >= 11 is 0. The Morgan fingerprint density at radius 2 is 1.83 bits per heavy atom. The van der Waals surface area contributed by atoms with Crippen molar-refractivity contribution in [3.05, 3.63) is 0 Å². The van der Waals surface area contributed by atoms with Crippen LogP contribution < -0.4 is 0 Å². The molecule has 1 amide bonds. The zero-order valence-corrected chi connectivity index (χ0v) is 12.0. The number of carbonyl (C=O) groups excluding carboxylic acids is 1. The first-order chi connectivity index (χ1) is 8.32. The summed E-state index contributed by atoms with van der Waals surface area (Å²) in [7, 11) is -3.27. The predicted molar refractivity (Wildman–Crippen MR) is 70.0 cm³/mol. The number of sulfone groups is 1. The van der Waals surface area contributed by atoms with Gasteiger partial charge in [-0.25, -0.2) is 8.42 Å². The summed E-state index contributed by atoms with van der Waals surface area (Å²) in [5, 5.41) is 10.0. The summed E-state index contributed by atoms with van der Waals surface area (Å²) in [6.07, 6.45) is 2.26. The number of rotatable bonds is 5. The van der Waals surface area contributed by atoms with Gasteiger partial charge < -0.3 is 10.0 Å². The van der Waals surface area contributed by atoms with E-state index in [-0.39, 0.29) is 11.7 Å². The Bertz CT molecular complexity index is 383. The van der Waals surface area contributed by atoms with E-state index in [2.05, 4.69) is 0 Å². The normalized spacial score (nSPS) is 19.8. The number of amides is 1. The first-order valence-corrected chi connectivity index (χ1v) is 8.34. The Labute approximate surface area is 109 Å². The predicted octanol–water partition coefficient (Wildman–Crippen LogP) is 0.575. The molecular formula is C12H23NO4S. The fraction of sp³-hybridized carbons (Fsp3) is 0.917. The molecule has 1 aliphatic heterocycles. The summed E-state index contributed by atoms with van der Waals surface area (Å²) in [4.78, 5) is 13.4. The second kappa shape index (κ2) is 6.02. The molecule has 1 N–H and O–H groups in total. The van der Waals surface area contributed by atoms with Crippen LogP contribution >= 0.6 is 0 Å². The molecule has 0 aromatic heterocycles. The lowest BCUT2D eigenvalue weighted by molar-refractivity contribution is -0.132. The molecule has 1 fully saturated rings. The Morgan fingerprint density at radius 3 is 2.28 bits per heavy atom. The van der Waals surface area contributed by atoms with Crippen molar-refractivity contribution in [2.24, 2.45) is 0 Å². The number of piperidine rings is 1. The molecule has 5 nitrogen and oxygen atoms in total. The van der Waals surface area contributed by atoms with Crippen LogP contribution in [0.3, 0.4) is 0 Å². The van der Waals surface area contributed by atoms with Crippen LogP contribution in [0.4, 0.5) is 0 Å². The van der Waals surface area contributed by atoms with Gasteiger partial charge in [-0.15, -0.1) is 0 Å². The second-order valence-corrected chi connectivity index (χ2v) is 7.23. The lowest BCUT2D eigenvalue weighted by Crippen LogP contribution is -2.48. The van der Waals surface area contributed by atoms with Gasteiger partial charge in [-0.05, 0) is 25.7 Å². The van der Waals surface area contributed by atoms with Gasteiger partial charge in [-0.3, -0.25) is 4.79 Å². The average Bonchev–Trinajstić information content (AvgIpc) is 2.29. The van der Waals surface area contributed by atoms with Crippen molar-refractivity contribution in [2.75, 3.05) is 24.6 Å². The fourth-order valence-corrected chi connectivity index (χ4v) is 3.51. The van der Waals surface area contributed by atoms with Crippen molar-refractivity contribution in [2.45, 2.75) is 45.1 Å². The standard InChI is InChI=1S/C12H23NO4S/c1-3-9-18(16,17)10-11(14)13-7-5-12(15,4-2)6-8-13/h15H,3-10H2,1-2H3. The minimum Gasteiger partial charge on any atom is -0.390 e. The van der Waals surface area contributed by atoms with Crippen molar-refractivity contribution < 1.29 is 18.3 Å². The van der Waals surface area contributed by atoms with E-state index < -0.39 is 21.2 Å². The van der Waals surface area contributed by atoms with Crippen LogP contribution in [0.1, 0.15) is 39.5 Å². The first kappa shape index (κ1) is 15.4. The van der Waals surface area contributed by atoms with E-state index in [1.165, 1.54) is 0 Å². The van der Waals surface area contributed by atoms with Gasteiger partial charge in [-0.2, -0.15) is 0 Å². The Morgan fingerprint density at radius 1 is 1.28 bits per heavy atom. The summed E-state index contributed by atoms with van der Waals surface area (Å²) in [5.74, 6) is -0.668. The lowest BCUT2D eigenvalue weighted by Gasteiger charge is -2.37. The van der Waals surface area contributed by atoms with E-state index in [9.17, 15) is 18.3 Å². The third-order valence-corrected chi connectivity index (χ3v) is 5.28. The maximum absolute atomic E-state index is 11.9. The smallest absolute Gasteiger partial charge is 0.237 e. The lowest BCUT2D eigenvalue weighted by atomic mass is 9.89. The van der Waals surface area contributed by atoms with Crippen molar-refractivity contribution in [3.8, 4) is 0 Å². The molecule has 18 heavy (non-hydrogen) atoms. The van der Waals surface area contributed by atoms with Crippen LogP contribution in [0.25, 0.3) is 0 Å². The van der Waals surface area contributed by atoms with Crippen LogP contribution in [0.15, 0.2) is 0 Å². The van der Waals surface area contributed by atoms with Gasteiger partial charge in [-0.1, -0.05) is 13.8 Å². The highest BCUT2D eigenvalue weighted by molar-refractivity contribution is 7.92. The van der Waals surface area contributed by atoms with E-state index in [0.29, 0.717) is 38.8 Å². The maximum Gasteiger partial charge on any atom is 0.237 e. The van der Waals surface area contributed by atoms with Gasteiger partial charge in [0.15, 0.2) is 9.84 Å². The Balaban J connectivity index is 2.51. The molecule has 0 bridgehead atoms. The molecule has 6 heteroatoms. The van der Waals surface area contributed by atoms with Gasteiger partial charge >= 0.3 is 0 Å². The maximum atomic E-state index is 11.9. The number of hydrogen-bond acceptors (Lipinski definition) is 4. The first-order valence-electron chi connectivity index (χ1n) is 6.52.